The molecule has 11 atom stereocenters. The summed E-state index contributed by atoms with van der Waals surface area (Å²) in [7, 11) is 5.70. The molecule has 0 radical (unpaired) electrons. The summed E-state index contributed by atoms with van der Waals surface area (Å²) in [5, 5.41) is 20.5. The highest BCUT2D eigenvalue weighted by atomic mass is 16.6. The molecule has 2 aromatic rings. The van der Waals surface area contributed by atoms with Crippen LogP contribution in [0.3, 0.4) is 0 Å². The van der Waals surface area contributed by atoms with Crippen molar-refractivity contribution in [2.45, 2.75) is 194 Å². The van der Waals surface area contributed by atoms with Crippen LogP contribution in [-0.2, 0) is 60.7 Å². The van der Waals surface area contributed by atoms with Crippen LogP contribution in [0, 0.1) is 29.6 Å². The molecule has 2 fully saturated rings. The van der Waals surface area contributed by atoms with Crippen LogP contribution in [0.2, 0.25) is 0 Å². The van der Waals surface area contributed by atoms with Gasteiger partial charge in [-0.05, 0) is 80.8 Å². The molecule has 2 aliphatic rings. The van der Waals surface area contributed by atoms with Crippen molar-refractivity contribution in [2.75, 3.05) is 34.7 Å². The molecule has 2 heterocycles. The van der Waals surface area contributed by atoms with E-state index in [4.69, 9.17) is 4.74 Å². The Labute approximate surface area is 475 Å². The summed E-state index contributed by atoms with van der Waals surface area (Å²) >= 11 is 0. The number of cyclic esters (lactones) is 1. The van der Waals surface area contributed by atoms with Gasteiger partial charge >= 0.3 is 5.97 Å². The number of rotatable bonds is 14. The third kappa shape index (κ3) is 16.8. The van der Waals surface area contributed by atoms with Crippen LogP contribution in [0.1, 0.15) is 133 Å². The fraction of sp³-hybridized carbons (Fsp3) is 0.656. The number of nitrogens with zero attached hydrogens (tertiary/aromatic N) is 5. The summed E-state index contributed by atoms with van der Waals surface area (Å²) < 4.78 is 6.11. The van der Waals surface area contributed by atoms with Gasteiger partial charge in [0.05, 0.1) is 5.60 Å². The summed E-state index contributed by atoms with van der Waals surface area (Å²) in [6, 6.07) is 8.15. The number of ether oxygens (including phenoxy) is 1. The van der Waals surface area contributed by atoms with Crippen LogP contribution in [0.5, 0.6) is 0 Å². The molecule has 0 aliphatic carbocycles. The van der Waals surface area contributed by atoms with E-state index in [1.54, 1.807) is 39.8 Å². The molecule has 4 N–H and O–H groups in total. The lowest BCUT2D eigenvalue weighted by atomic mass is 9.93. The number of carbonyl (C=O) groups is 9. The van der Waals surface area contributed by atoms with Gasteiger partial charge in [0.1, 0.15) is 42.3 Å². The van der Waals surface area contributed by atoms with Crippen LogP contribution >= 0.6 is 0 Å². The Morgan fingerprint density at radius 2 is 1.09 bits per heavy atom. The summed E-state index contributed by atoms with van der Waals surface area (Å²) in [5.41, 5.74) is -0.550. The molecule has 4 rings (SSSR count). The van der Waals surface area contributed by atoms with E-state index >= 15 is 9.59 Å². The Morgan fingerprint density at radius 3 is 1.60 bits per heavy atom. The van der Waals surface area contributed by atoms with Crippen molar-refractivity contribution in [3.8, 4) is 0 Å². The van der Waals surface area contributed by atoms with Crippen molar-refractivity contribution in [2.24, 2.45) is 29.6 Å². The van der Waals surface area contributed by atoms with Gasteiger partial charge in [-0.2, -0.15) is 0 Å². The van der Waals surface area contributed by atoms with Gasteiger partial charge in [-0.15, -0.1) is 0 Å². The third-order valence-electron chi connectivity index (χ3n) is 16.0. The van der Waals surface area contributed by atoms with Crippen molar-refractivity contribution in [1.29, 1.82) is 0 Å². The summed E-state index contributed by atoms with van der Waals surface area (Å²) in [6.45, 7) is 21.0. The van der Waals surface area contributed by atoms with Gasteiger partial charge in [-0.1, -0.05) is 136 Å². The fourth-order valence-corrected chi connectivity index (χ4v) is 11.0. The average Bonchev–Trinajstić information content (AvgIpc) is 3.90. The zero-order valence-corrected chi connectivity index (χ0v) is 50.5. The molecule has 2 aliphatic heterocycles. The van der Waals surface area contributed by atoms with Gasteiger partial charge < -0.3 is 50.3 Å². The maximum Gasteiger partial charge on any atom is 0.332 e. The van der Waals surface area contributed by atoms with Gasteiger partial charge in [0.2, 0.25) is 41.4 Å². The van der Waals surface area contributed by atoms with E-state index in [1.807, 2.05) is 90.1 Å². The highest BCUT2D eigenvalue weighted by Crippen LogP contribution is 2.27. The number of amides is 8. The van der Waals surface area contributed by atoms with Gasteiger partial charge in [-0.3, -0.25) is 38.4 Å². The average molecular weight is 1120 g/mol. The van der Waals surface area contributed by atoms with Gasteiger partial charge in [0, 0.05) is 53.5 Å². The Morgan fingerprint density at radius 1 is 0.575 bits per heavy atom. The molecule has 0 unspecified atom stereocenters. The van der Waals surface area contributed by atoms with Crippen molar-refractivity contribution in [1.82, 2.24) is 40.4 Å². The molecule has 2 saturated heterocycles. The predicted octanol–water partition coefficient (Wildman–Crippen LogP) is 4.76. The minimum absolute atomic E-state index is 0.00640. The molecular weight excluding hydrogens is 1020 g/mol. The van der Waals surface area contributed by atoms with Crippen LogP contribution < -0.4 is 16.0 Å². The summed E-state index contributed by atoms with van der Waals surface area (Å²) in [5.74, 6) is -8.22. The van der Waals surface area contributed by atoms with E-state index in [1.165, 1.54) is 61.6 Å². The molecule has 0 saturated carbocycles. The van der Waals surface area contributed by atoms with Crippen molar-refractivity contribution in [3.05, 3.63) is 71.8 Å². The smallest absolute Gasteiger partial charge is 0.332 e. The van der Waals surface area contributed by atoms with Crippen LogP contribution in [0.15, 0.2) is 60.7 Å². The van der Waals surface area contributed by atoms with Gasteiger partial charge in [0.25, 0.3) is 5.91 Å². The number of esters is 1. The molecule has 19 heteroatoms. The highest BCUT2D eigenvalue weighted by molar-refractivity contribution is 5.99. The first-order valence-electron chi connectivity index (χ1n) is 28.8. The number of likely N-dealkylation sites (N-methyl/N-ethyl adjacent to an activating group) is 4. The minimum atomic E-state index is -1.97. The molecular formula is C61H94N8O11. The number of benzene rings is 2. The molecule has 0 aromatic heterocycles. The molecule has 0 bridgehead atoms. The molecule has 8 amide bonds. The largest absolute Gasteiger partial charge is 0.450 e. The van der Waals surface area contributed by atoms with Crippen LogP contribution in [0.25, 0.3) is 0 Å². The third-order valence-corrected chi connectivity index (χ3v) is 16.0. The van der Waals surface area contributed by atoms with Gasteiger partial charge in [0.15, 0.2) is 12.1 Å². The second kappa shape index (κ2) is 29.4. The topological polar surface area (TPSA) is 235 Å². The quantitative estimate of drug-likeness (QED) is 0.188. The Hall–Kier alpha value is -6.37. The predicted molar refractivity (Wildman–Crippen MR) is 306 cm³/mol. The van der Waals surface area contributed by atoms with Crippen LogP contribution in [-0.4, -0.2) is 178 Å². The van der Waals surface area contributed by atoms with Crippen molar-refractivity contribution < 1.29 is 53.0 Å². The Kier molecular flexibility index (Phi) is 24.3. The summed E-state index contributed by atoms with van der Waals surface area (Å²) in [4.78, 5) is 141. The van der Waals surface area contributed by atoms with Gasteiger partial charge in [-0.25, -0.2) is 4.79 Å². The first-order valence-corrected chi connectivity index (χ1v) is 28.8. The Balaban J connectivity index is 1.98. The second-order valence-corrected chi connectivity index (χ2v) is 24.1. The van der Waals surface area contributed by atoms with E-state index in [9.17, 15) is 38.7 Å². The first-order chi connectivity index (χ1) is 37.5. The lowest BCUT2D eigenvalue weighted by Crippen LogP contribution is -2.62. The zero-order chi connectivity index (χ0) is 60.1. The normalized spacial score (nSPS) is 26.3. The lowest BCUT2D eigenvalue weighted by Gasteiger charge is -2.39. The number of carbonyl (C=O) groups excluding carboxylic acids is 9. The highest BCUT2D eigenvalue weighted by Gasteiger charge is 2.48. The Bertz CT molecular complexity index is 2450. The van der Waals surface area contributed by atoms with E-state index in [0.29, 0.717) is 24.8 Å². The number of aliphatic hydroxyl groups is 1. The standard InChI is InChI=1S/C61H94N8O11/c1-17-39(9)48-58(76)65(13)46(33-37(5)6)53(71)62-43(32-36(3)4)56(74)68(16)51(61(11,12)79)60(78)80-50(40(10)18-2)59(77)67(15)49(38(7)8)54(72)63-44(34-41-26-21-19-22-27-41)55(73)66(14)47(35-42-28-23-20-24-29-42)57(75)69-31-25-30-45(69)52(70)64-48/h19-24,26-29,36-40,43-51,79H,17-18,25,30-35H2,1-16H3,(H,62,71)(H,63,72)(H,64,70)/t39-,40-,43-,44+,45+,46-,47-,48-,49+,50+,51+/m0/s1. The van der Waals surface area contributed by atoms with Crippen molar-refractivity contribution >= 4 is 53.2 Å². The monoisotopic (exact) mass is 1110 g/mol. The zero-order valence-electron chi connectivity index (χ0n) is 50.5. The summed E-state index contributed by atoms with van der Waals surface area (Å²) in [6.07, 6.45) is 0.274. The van der Waals surface area contributed by atoms with E-state index in [2.05, 4.69) is 16.0 Å². The van der Waals surface area contributed by atoms with E-state index in [0.717, 1.165) is 10.5 Å². The number of hydrogen-bond donors (Lipinski definition) is 4. The van der Waals surface area contributed by atoms with Crippen LogP contribution in [0.4, 0.5) is 0 Å². The molecule has 0 spiro atoms. The van der Waals surface area contributed by atoms with E-state index < -0.39 is 131 Å². The molecule has 19 nitrogen and oxygen atoms in total. The minimum Gasteiger partial charge on any atom is -0.450 e. The molecule has 444 valence electrons. The number of fused-ring (bicyclic) bond motifs is 1. The number of hydrogen-bond acceptors (Lipinski definition) is 11. The SMILES string of the molecule is CC[C@H](C)[C@@H]1NC(=O)[C@H]2CCCN2C(=O)[C@H](Cc2ccccc2)N(C)C(=O)[C@@H](Cc2ccccc2)NC(=O)[C@@H](C(C)C)N(C)C(=O)[C@@H]([C@@H](C)CC)OC(=O)[C@H](C(C)(C)O)N(C)C(=O)[C@H](CC(C)C)NC(=O)[C@H](CC(C)C)N(C)C1=O. The maximum absolute atomic E-state index is 15.3. The molecule has 2 aromatic carbocycles. The molecule has 80 heavy (non-hydrogen) atoms. The maximum atomic E-state index is 15.3. The van der Waals surface area contributed by atoms with E-state index in [-0.39, 0.29) is 50.5 Å². The fourth-order valence-electron chi connectivity index (χ4n) is 11.0. The number of nitrogens with one attached hydrogen (secondary N) is 3. The van der Waals surface area contributed by atoms with Crippen molar-refractivity contribution in [3.63, 3.8) is 0 Å². The second-order valence-electron chi connectivity index (χ2n) is 24.1. The first kappa shape index (κ1) is 66.1. The lowest BCUT2D eigenvalue weighted by molar-refractivity contribution is -0.177.